The summed E-state index contributed by atoms with van der Waals surface area (Å²) in [5.41, 5.74) is 3.60. The lowest BCUT2D eigenvalue weighted by Gasteiger charge is -2.04. The summed E-state index contributed by atoms with van der Waals surface area (Å²) in [6, 6.07) is 19.6. The second kappa shape index (κ2) is 5.66. The monoisotopic (exact) mass is 232 g/mol. The van der Waals surface area contributed by atoms with E-state index in [1.165, 1.54) is 0 Å². The van der Waals surface area contributed by atoms with Crippen LogP contribution < -0.4 is 0 Å². The van der Waals surface area contributed by atoms with Crippen LogP contribution in [0.3, 0.4) is 0 Å². The fourth-order valence-electron chi connectivity index (χ4n) is 1.92. The van der Waals surface area contributed by atoms with Gasteiger partial charge in [0.25, 0.3) is 0 Å². The topological polar surface area (TPSA) is 47.6 Å². The van der Waals surface area contributed by atoms with Crippen LogP contribution in [0.2, 0.25) is 0 Å². The molecule has 0 aliphatic carbocycles. The van der Waals surface area contributed by atoms with E-state index in [4.69, 9.17) is 10.5 Å². The molecule has 2 aromatic carbocycles. The van der Waals surface area contributed by atoms with Crippen LogP contribution in [0.25, 0.3) is 0 Å². The van der Waals surface area contributed by atoms with Gasteiger partial charge >= 0.3 is 0 Å². The van der Waals surface area contributed by atoms with Gasteiger partial charge in [-0.2, -0.15) is 10.5 Å². The molecule has 2 rings (SSSR count). The highest BCUT2D eigenvalue weighted by Gasteiger charge is 2.02. The van der Waals surface area contributed by atoms with Crippen molar-refractivity contribution in [2.75, 3.05) is 0 Å². The van der Waals surface area contributed by atoms with E-state index >= 15 is 0 Å². The van der Waals surface area contributed by atoms with Gasteiger partial charge in [0.2, 0.25) is 0 Å². The molecule has 0 heterocycles. The molecule has 0 saturated carbocycles. The Bertz CT molecular complexity index is 630. The van der Waals surface area contributed by atoms with Crippen molar-refractivity contribution in [1.82, 2.24) is 0 Å². The molecule has 0 saturated heterocycles. The number of benzene rings is 2. The Hall–Kier alpha value is -2.58. The second-order valence-electron chi connectivity index (χ2n) is 4.08. The van der Waals surface area contributed by atoms with Crippen LogP contribution in [0.5, 0.6) is 0 Å². The largest absolute Gasteiger partial charge is 0.192 e. The van der Waals surface area contributed by atoms with Crippen LogP contribution in [0.4, 0.5) is 0 Å². The van der Waals surface area contributed by atoms with E-state index in [9.17, 15) is 0 Å². The maximum Gasteiger partial charge on any atom is 0.0994 e. The molecule has 0 amide bonds. The van der Waals surface area contributed by atoms with Gasteiger partial charge in [0.1, 0.15) is 0 Å². The van der Waals surface area contributed by atoms with Crippen molar-refractivity contribution in [3.63, 3.8) is 0 Å². The van der Waals surface area contributed by atoms with E-state index in [1.54, 1.807) is 6.07 Å². The van der Waals surface area contributed by atoms with E-state index in [0.29, 0.717) is 5.56 Å². The fourth-order valence-corrected chi connectivity index (χ4v) is 1.92. The van der Waals surface area contributed by atoms with Crippen molar-refractivity contribution in [3.05, 3.63) is 70.8 Å². The number of nitriles is 2. The molecule has 0 unspecified atom stereocenters. The summed E-state index contributed by atoms with van der Waals surface area (Å²) in [6.45, 7) is 0. The van der Waals surface area contributed by atoms with Crippen molar-refractivity contribution in [2.45, 2.75) is 12.8 Å². The molecule has 0 fully saturated rings. The maximum atomic E-state index is 9.00. The zero-order valence-electron chi connectivity index (χ0n) is 9.93. The molecule has 2 heteroatoms. The lowest BCUT2D eigenvalue weighted by atomic mass is 9.99. The van der Waals surface area contributed by atoms with Crippen molar-refractivity contribution in [2.24, 2.45) is 0 Å². The fraction of sp³-hybridized carbons (Fsp3) is 0.125. The minimum absolute atomic E-state index is 0.682. The van der Waals surface area contributed by atoms with E-state index in [0.717, 1.165) is 29.5 Å². The summed E-state index contributed by atoms with van der Waals surface area (Å²) in [4.78, 5) is 0. The molecular formula is C16H12N2. The molecule has 0 aliphatic rings. The van der Waals surface area contributed by atoms with Gasteiger partial charge in [-0.3, -0.25) is 0 Å². The summed E-state index contributed by atoms with van der Waals surface area (Å²) < 4.78 is 0. The van der Waals surface area contributed by atoms with E-state index in [-0.39, 0.29) is 0 Å². The molecule has 0 atom stereocenters. The first-order valence-corrected chi connectivity index (χ1v) is 5.80. The number of hydrogen-bond donors (Lipinski definition) is 0. The highest BCUT2D eigenvalue weighted by molar-refractivity contribution is 5.38. The summed E-state index contributed by atoms with van der Waals surface area (Å²) >= 11 is 0. The Morgan fingerprint density at radius 2 is 1.67 bits per heavy atom. The van der Waals surface area contributed by atoms with Gasteiger partial charge in [-0.25, -0.2) is 0 Å². The second-order valence-corrected chi connectivity index (χ2v) is 4.08. The summed E-state index contributed by atoms with van der Waals surface area (Å²) in [7, 11) is 0. The van der Waals surface area contributed by atoms with Gasteiger partial charge in [-0.15, -0.1) is 0 Å². The van der Waals surface area contributed by atoms with Crippen LogP contribution in [-0.2, 0) is 12.8 Å². The zero-order chi connectivity index (χ0) is 12.8. The Balaban J connectivity index is 2.12. The molecule has 0 aromatic heterocycles. The smallest absolute Gasteiger partial charge is 0.0994 e. The summed E-state index contributed by atoms with van der Waals surface area (Å²) in [6.07, 6.45) is 1.66. The van der Waals surface area contributed by atoms with Crippen LogP contribution in [0.15, 0.2) is 48.5 Å². The molecular weight excluding hydrogens is 220 g/mol. The van der Waals surface area contributed by atoms with Gasteiger partial charge in [0, 0.05) is 0 Å². The van der Waals surface area contributed by atoms with Gasteiger partial charge < -0.3 is 0 Å². The molecule has 2 nitrogen and oxygen atoms in total. The third kappa shape index (κ3) is 2.75. The Morgan fingerprint density at radius 3 is 2.44 bits per heavy atom. The highest BCUT2D eigenvalue weighted by Crippen LogP contribution is 2.12. The molecule has 0 radical (unpaired) electrons. The minimum Gasteiger partial charge on any atom is -0.192 e. The minimum atomic E-state index is 0.682. The molecule has 0 aliphatic heterocycles. The van der Waals surface area contributed by atoms with Crippen molar-refractivity contribution in [1.29, 1.82) is 10.5 Å². The highest BCUT2D eigenvalue weighted by atomic mass is 14.2. The Kier molecular flexibility index (Phi) is 3.74. The van der Waals surface area contributed by atoms with Crippen LogP contribution in [-0.4, -0.2) is 0 Å². The number of hydrogen-bond acceptors (Lipinski definition) is 2. The predicted molar refractivity (Wildman–Crippen MR) is 69.7 cm³/mol. The first kappa shape index (κ1) is 11.9. The molecule has 86 valence electrons. The van der Waals surface area contributed by atoms with Gasteiger partial charge in [-0.1, -0.05) is 30.3 Å². The zero-order valence-corrected chi connectivity index (χ0v) is 9.93. The van der Waals surface area contributed by atoms with E-state index < -0.39 is 0 Å². The van der Waals surface area contributed by atoms with Gasteiger partial charge in [0.15, 0.2) is 0 Å². The van der Waals surface area contributed by atoms with Crippen molar-refractivity contribution < 1.29 is 0 Å². The lowest BCUT2D eigenvalue weighted by molar-refractivity contribution is 0.955. The average molecular weight is 232 g/mol. The SMILES string of the molecule is N#Cc1cccc(CCc2ccccc2C#N)c1. The van der Waals surface area contributed by atoms with E-state index in [2.05, 4.69) is 12.1 Å². The van der Waals surface area contributed by atoms with Crippen LogP contribution >= 0.6 is 0 Å². The number of aryl methyl sites for hydroxylation is 2. The lowest BCUT2D eigenvalue weighted by Crippen LogP contribution is -1.94. The van der Waals surface area contributed by atoms with Gasteiger partial charge in [0.05, 0.1) is 23.3 Å². The quantitative estimate of drug-likeness (QED) is 0.815. The molecule has 0 N–H and O–H groups in total. The number of rotatable bonds is 3. The van der Waals surface area contributed by atoms with Crippen molar-refractivity contribution >= 4 is 0 Å². The maximum absolute atomic E-state index is 9.00. The van der Waals surface area contributed by atoms with E-state index in [1.807, 2.05) is 42.5 Å². The predicted octanol–water partition coefficient (Wildman–Crippen LogP) is 3.22. The Labute approximate surface area is 107 Å². The number of nitrogens with zero attached hydrogens (tertiary/aromatic N) is 2. The first-order chi connectivity index (χ1) is 8.83. The molecule has 18 heavy (non-hydrogen) atoms. The normalized spacial score (nSPS) is 9.44. The van der Waals surface area contributed by atoms with Gasteiger partial charge in [-0.05, 0) is 42.2 Å². The summed E-state index contributed by atoms with van der Waals surface area (Å²) in [5.74, 6) is 0. The van der Waals surface area contributed by atoms with Crippen molar-refractivity contribution in [3.8, 4) is 12.1 Å². The summed E-state index contributed by atoms with van der Waals surface area (Å²) in [5, 5.41) is 17.8. The first-order valence-electron chi connectivity index (χ1n) is 5.80. The molecule has 0 bridgehead atoms. The third-order valence-electron chi connectivity index (χ3n) is 2.88. The standard InChI is InChI=1S/C16H12N2/c17-11-14-5-3-4-13(10-14)8-9-15-6-1-2-7-16(15)12-18/h1-7,10H,8-9H2. The Morgan fingerprint density at radius 1 is 0.833 bits per heavy atom. The van der Waals surface area contributed by atoms with Crippen LogP contribution in [0.1, 0.15) is 22.3 Å². The average Bonchev–Trinajstić information content (AvgIpc) is 2.45. The molecule has 0 spiro atoms. The van der Waals surface area contributed by atoms with Crippen LogP contribution in [0, 0.1) is 22.7 Å². The third-order valence-corrected chi connectivity index (χ3v) is 2.88. The molecule has 2 aromatic rings.